The van der Waals surface area contributed by atoms with Crippen molar-refractivity contribution in [2.24, 2.45) is 0 Å². The predicted molar refractivity (Wildman–Crippen MR) is 79.7 cm³/mol. The highest BCUT2D eigenvalue weighted by molar-refractivity contribution is 5.89. The first-order chi connectivity index (χ1) is 10.1. The number of carbonyl (C=O) groups excluding carboxylic acids is 1. The number of para-hydroxylation sites is 1. The molecule has 2 N–H and O–H groups in total. The average Bonchev–Trinajstić information content (AvgIpc) is 2.49. The second-order valence-electron chi connectivity index (χ2n) is 4.61. The van der Waals surface area contributed by atoms with Gasteiger partial charge in [0.2, 0.25) is 0 Å². The third-order valence-electron chi connectivity index (χ3n) is 2.99. The van der Waals surface area contributed by atoms with E-state index in [1.807, 2.05) is 6.07 Å². The van der Waals surface area contributed by atoms with Crippen LogP contribution in [0.2, 0.25) is 0 Å². The van der Waals surface area contributed by atoms with E-state index >= 15 is 0 Å². The molecule has 0 saturated heterocycles. The van der Waals surface area contributed by atoms with E-state index in [2.05, 4.69) is 5.32 Å². The van der Waals surface area contributed by atoms with E-state index in [0.717, 1.165) is 0 Å². The molecular formula is C16H15N3O2. The van der Waals surface area contributed by atoms with Gasteiger partial charge >= 0.3 is 6.03 Å². The monoisotopic (exact) mass is 281 g/mol. The van der Waals surface area contributed by atoms with Crippen LogP contribution in [0.3, 0.4) is 0 Å². The number of nitrogens with one attached hydrogen (secondary N) is 1. The summed E-state index contributed by atoms with van der Waals surface area (Å²) < 4.78 is 0. The van der Waals surface area contributed by atoms with E-state index in [0.29, 0.717) is 16.8 Å². The number of phenols is 1. The quantitative estimate of drug-likeness (QED) is 0.908. The number of anilines is 1. The highest BCUT2D eigenvalue weighted by Gasteiger charge is 2.11. The zero-order chi connectivity index (χ0) is 15.2. The molecule has 0 aromatic heterocycles. The van der Waals surface area contributed by atoms with E-state index in [1.165, 1.54) is 4.90 Å². The van der Waals surface area contributed by atoms with Crippen LogP contribution in [0.25, 0.3) is 0 Å². The maximum Gasteiger partial charge on any atom is 0.321 e. The molecule has 5 heteroatoms. The molecule has 0 spiro atoms. The molecule has 2 rings (SSSR count). The smallest absolute Gasteiger partial charge is 0.321 e. The summed E-state index contributed by atoms with van der Waals surface area (Å²) in [6.07, 6.45) is 0. The fourth-order valence-corrected chi connectivity index (χ4v) is 1.86. The lowest BCUT2D eigenvalue weighted by Gasteiger charge is -2.18. The molecule has 0 atom stereocenters. The van der Waals surface area contributed by atoms with Crippen molar-refractivity contribution in [3.63, 3.8) is 0 Å². The van der Waals surface area contributed by atoms with Gasteiger partial charge in [-0.05, 0) is 24.3 Å². The molecule has 0 saturated carbocycles. The minimum Gasteiger partial charge on any atom is -0.508 e. The molecule has 21 heavy (non-hydrogen) atoms. The number of nitrogens with zero attached hydrogens (tertiary/aromatic N) is 2. The topological polar surface area (TPSA) is 76.4 Å². The molecular weight excluding hydrogens is 266 g/mol. The number of urea groups is 1. The first-order valence-electron chi connectivity index (χ1n) is 6.39. The first kappa shape index (κ1) is 14.4. The number of carbonyl (C=O) groups is 1. The van der Waals surface area contributed by atoms with Gasteiger partial charge in [0, 0.05) is 18.3 Å². The Labute approximate surface area is 123 Å². The van der Waals surface area contributed by atoms with Crippen LogP contribution in [0.4, 0.5) is 10.5 Å². The van der Waals surface area contributed by atoms with Gasteiger partial charge < -0.3 is 15.3 Å². The van der Waals surface area contributed by atoms with E-state index in [9.17, 15) is 9.90 Å². The van der Waals surface area contributed by atoms with Crippen molar-refractivity contribution >= 4 is 11.7 Å². The molecule has 0 fully saturated rings. The Bertz CT molecular complexity index is 692. The zero-order valence-corrected chi connectivity index (χ0v) is 11.6. The van der Waals surface area contributed by atoms with Gasteiger partial charge in [-0.1, -0.05) is 24.3 Å². The zero-order valence-electron chi connectivity index (χ0n) is 11.6. The summed E-state index contributed by atoms with van der Waals surface area (Å²) in [6.45, 7) is 0.288. The molecule has 106 valence electrons. The summed E-state index contributed by atoms with van der Waals surface area (Å²) >= 11 is 0. The standard InChI is InChI=1S/C16H15N3O2/c1-19(11-13-6-2-3-8-15(13)20)16(21)18-14-7-4-5-12(9-14)10-17/h2-9,20H,11H2,1H3,(H,18,21). The van der Waals surface area contributed by atoms with Crippen molar-refractivity contribution < 1.29 is 9.90 Å². The molecule has 0 unspecified atom stereocenters. The van der Waals surface area contributed by atoms with Crippen LogP contribution in [0.15, 0.2) is 48.5 Å². The highest BCUT2D eigenvalue weighted by Crippen LogP contribution is 2.18. The third-order valence-corrected chi connectivity index (χ3v) is 2.99. The van der Waals surface area contributed by atoms with Gasteiger partial charge in [0.1, 0.15) is 5.75 Å². The van der Waals surface area contributed by atoms with Gasteiger partial charge in [-0.2, -0.15) is 5.26 Å². The van der Waals surface area contributed by atoms with E-state index in [4.69, 9.17) is 5.26 Å². The molecule has 2 aromatic carbocycles. The number of aromatic hydroxyl groups is 1. The van der Waals surface area contributed by atoms with Crippen LogP contribution in [0.1, 0.15) is 11.1 Å². The van der Waals surface area contributed by atoms with Crippen molar-refractivity contribution in [1.29, 1.82) is 5.26 Å². The SMILES string of the molecule is CN(Cc1ccccc1O)C(=O)Nc1cccc(C#N)c1. The fourth-order valence-electron chi connectivity index (χ4n) is 1.86. The Hall–Kier alpha value is -3.00. The van der Waals surface area contributed by atoms with Gasteiger partial charge in [0.15, 0.2) is 0 Å². The van der Waals surface area contributed by atoms with Gasteiger partial charge in [0.05, 0.1) is 18.2 Å². The molecule has 0 aliphatic heterocycles. The Morgan fingerprint density at radius 3 is 2.76 bits per heavy atom. The molecule has 5 nitrogen and oxygen atoms in total. The Morgan fingerprint density at radius 2 is 2.05 bits per heavy atom. The van der Waals surface area contributed by atoms with Crippen LogP contribution < -0.4 is 5.32 Å². The van der Waals surface area contributed by atoms with Gasteiger partial charge in [-0.15, -0.1) is 0 Å². The van der Waals surface area contributed by atoms with E-state index in [-0.39, 0.29) is 18.3 Å². The van der Waals surface area contributed by atoms with E-state index in [1.54, 1.807) is 55.6 Å². The largest absolute Gasteiger partial charge is 0.508 e. The van der Waals surface area contributed by atoms with Gasteiger partial charge in [-0.3, -0.25) is 0 Å². The summed E-state index contributed by atoms with van der Waals surface area (Å²) in [4.78, 5) is 13.5. The molecule has 2 aromatic rings. The Morgan fingerprint density at radius 1 is 1.29 bits per heavy atom. The minimum absolute atomic E-state index is 0.156. The van der Waals surface area contributed by atoms with Crippen LogP contribution in [0.5, 0.6) is 5.75 Å². The molecule has 2 amide bonds. The maximum absolute atomic E-state index is 12.1. The van der Waals surface area contributed by atoms with Crippen molar-refractivity contribution in [2.75, 3.05) is 12.4 Å². The Kier molecular flexibility index (Phi) is 4.42. The van der Waals surface area contributed by atoms with Crippen molar-refractivity contribution in [3.05, 3.63) is 59.7 Å². The number of benzene rings is 2. The molecule has 0 aliphatic carbocycles. The Balaban J connectivity index is 2.03. The lowest BCUT2D eigenvalue weighted by atomic mass is 10.2. The highest BCUT2D eigenvalue weighted by atomic mass is 16.3. The third kappa shape index (κ3) is 3.74. The molecule has 0 bridgehead atoms. The second kappa shape index (κ2) is 6.44. The van der Waals surface area contributed by atoms with Gasteiger partial charge in [0.25, 0.3) is 0 Å². The summed E-state index contributed by atoms with van der Waals surface area (Å²) in [7, 11) is 1.63. The van der Waals surface area contributed by atoms with Crippen molar-refractivity contribution in [1.82, 2.24) is 4.90 Å². The number of amides is 2. The number of nitriles is 1. The van der Waals surface area contributed by atoms with Gasteiger partial charge in [-0.25, -0.2) is 4.79 Å². The van der Waals surface area contributed by atoms with Crippen molar-refractivity contribution in [2.45, 2.75) is 6.54 Å². The second-order valence-corrected chi connectivity index (χ2v) is 4.61. The molecule has 0 heterocycles. The maximum atomic E-state index is 12.1. The summed E-state index contributed by atoms with van der Waals surface area (Å²) in [6, 6.07) is 15.3. The van der Waals surface area contributed by atoms with E-state index < -0.39 is 0 Å². The molecule has 0 aliphatic rings. The number of hydrogen-bond donors (Lipinski definition) is 2. The predicted octanol–water partition coefficient (Wildman–Crippen LogP) is 2.93. The first-order valence-corrected chi connectivity index (χ1v) is 6.39. The summed E-state index contributed by atoms with van der Waals surface area (Å²) in [5, 5.41) is 21.2. The fraction of sp³-hybridized carbons (Fsp3) is 0.125. The number of hydrogen-bond acceptors (Lipinski definition) is 3. The summed E-state index contributed by atoms with van der Waals surface area (Å²) in [5.41, 5.74) is 1.71. The van der Waals surface area contributed by atoms with Crippen LogP contribution >= 0.6 is 0 Å². The van der Waals surface area contributed by atoms with Crippen LogP contribution in [0, 0.1) is 11.3 Å². The lowest BCUT2D eigenvalue weighted by Crippen LogP contribution is -2.30. The summed E-state index contributed by atoms with van der Waals surface area (Å²) in [5.74, 6) is 0.156. The van der Waals surface area contributed by atoms with Crippen molar-refractivity contribution in [3.8, 4) is 11.8 Å². The average molecular weight is 281 g/mol. The molecule has 0 radical (unpaired) electrons. The van der Waals surface area contributed by atoms with Crippen LogP contribution in [-0.2, 0) is 6.54 Å². The minimum atomic E-state index is -0.312. The number of rotatable bonds is 3. The van der Waals surface area contributed by atoms with Crippen LogP contribution in [-0.4, -0.2) is 23.1 Å². The number of phenolic OH excluding ortho intramolecular Hbond substituents is 1. The normalized spacial score (nSPS) is 9.71. The lowest BCUT2D eigenvalue weighted by molar-refractivity contribution is 0.220.